The minimum atomic E-state index is 0.107. The number of piperidine rings is 1. The molecule has 0 aromatic carbocycles. The Balaban J connectivity index is 1.40. The highest BCUT2D eigenvalue weighted by Gasteiger charge is 2.24. The van der Waals surface area contributed by atoms with E-state index in [1.807, 2.05) is 28.2 Å². The van der Waals surface area contributed by atoms with Gasteiger partial charge in [0.05, 0.1) is 25.0 Å². The Morgan fingerprint density at radius 3 is 3.04 bits per heavy atom. The Labute approximate surface area is 143 Å². The van der Waals surface area contributed by atoms with Crippen LogP contribution in [0.25, 0.3) is 0 Å². The summed E-state index contributed by atoms with van der Waals surface area (Å²) in [4.78, 5) is 24.2. The maximum atomic E-state index is 12.4. The van der Waals surface area contributed by atoms with Crippen molar-refractivity contribution in [2.24, 2.45) is 0 Å². The predicted octanol–water partition coefficient (Wildman–Crippen LogP) is 2.01. The van der Waals surface area contributed by atoms with Gasteiger partial charge < -0.3 is 9.64 Å². The smallest absolute Gasteiger partial charge is 0.224 e. The van der Waals surface area contributed by atoms with Gasteiger partial charge >= 0.3 is 0 Å². The van der Waals surface area contributed by atoms with E-state index in [-0.39, 0.29) is 12.0 Å². The number of nitrogens with zero attached hydrogens (tertiary/aromatic N) is 3. The fourth-order valence-corrected chi connectivity index (χ4v) is 3.19. The van der Waals surface area contributed by atoms with E-state index in [1.54, 1.807) is 6.20 Å². The van der Waals surface area contributed by atoms with Gasteiger partial charge in [0.2, 0.25) is 5.91 Å². The van der Waals surface area contributed by atoms with Crippen LogP contribution in [0.4, 0.5) is 0 Å². The summed E-state index contributed by atoms with van der Waals surface area (Å²) in [7, 11) is 0. The maximum Gasteiger partial charge on any atom is 0.224 e. The molecular formula is C18H27N3O3. The molecule has 1 amide bonds. The molecule has 2 saturated heterocycles. The molecule has 1 atom stereocenters. The van der Waals surface area contributed by atoms with Crippen LogP contribution < -0.4 is 0 Å². The molecule has 2 aliphatic rings. The second-order valence-electron chi connectivity index (χ2n) is 6.46. The molecule has 0 N–H and O–H groups in total. The molecule has 3 heterocycles. The summed E-state index contributed by atoms with van der Waals surface area (Å²) in [5.74, 6) is 0.204. The first-order valence-corrected chi connectivity index (χ1v) is 8.98. The van der Waals surface area contributed by atoms with Crippen LogP contribution >= 0.6 is 0 Å². The highest BCUT2D eigenvalue weighted by atomic mass is 16.7. The average molecular weight is 333 g/mol. The molecule has 0 saturated carbocycles. The van der Waals surface area contributed by atoms with Crippen LogP contribution in [0.2, 0.25) is 0 Å². The zero-order chi connectivity index (χ0) is 16.6. The summed E-state index contributed by atoms with van der Waals surface area (Å²) in [6.45, 7) is 4.43. The van der Waals surface area contributed by atoms with E-state index in [9.17, 15) is 4.79 Å². The second kappa shape index (κ2) is 9.11. The second-order valence-corrected chi connectivity index (χ2v) is 6.46. The fourth-order valence-electron chi connectivity index (χ4n) is 3.19. The van der Waals surface area contributed by atoms with Crippen molar-refractivity contribution in [3.63, 3.8) is 0 Å². The summed E-state index contributed by atoms with van der Waals surface area (Å²) in [6.07, 6.45) is 6.68. The molecule has 0 spiro atoms. The molecule has 0 aliphatic carbocycles. The quantitative estimate of drug-likeness (QED) is 0.797. The zero-order valence-corrected chi connectivity index (χ0v) is 14.2. The van der Waals surface area contributed by atoms with Gasteiger partial charge in [-0.05, 0) is 37.8 Å². The third-order valence-corrected chi connectivity index (χ3v) is 4.57. The summed E-state index contributed by atoms with van der Waals surface area (Å²) < 4.78 is 5.95. The van der Waals surface area contributed by atoms with Crippen molar-refractivity contribution in [1.29, 1.82) is 0 Å². The van der Waals surface area contributed by atoms with Crippen LogP contribution in [0, 0.1) is 0 Å². The fraction of sp³-hybridized carbons (Fsp3) is 0.667. The van der Waals surface area contributed by atoms with E-state index in [1.165, 1.54) is 0 Å². The summed E-state index contributed by atoms with van der Waals surface area (Å²) in [5.41, 5.74) is 0.934. The molecule has 1 aromatic heterocycles. The lowest BCUT2D eigenvalue weighted by molar-refractivity contribution is -0.183. The number of pyridine rings is 1. The van der Waals surface area contributed by atoms with Crippen LogP contribution in [-0.2, 0) is 21.0 Å². The molecular weight excluding hydrogens is 306 g/mol. The lowest BCUT2D eigenvalue weighted by atomic mass is 10.1. The van der Waals surface area contributed by atoms with Crippen molar-refractivity contribution in [2.75, 3.05) is 32.8 Å². The predicted molar refractivity (Wildman–Crippen MR) is 90.0 cm³/mol. The molecule has 1 aromatic rings. The Kier molecular flexibility index (Phi) is 6.57. The van der Waals surface area contributed by atoms with E-state index in [4.69, 9.17) is 9.57 Å². The highest BCUT2D eigenvalue weighted by Crippen LogP contribution is 2.16. The Morgan fingerprint density at radius 1 is 1.29 bits per heavy atom. The number of hydrogen-bond acceptors (Lipinski definition) is 5. The van der Waals surface area contributed by atoms with E-state index in [0.29, 0.717) is 26.1 Å². The van der Waals surface area contributed by atoms with Crippen molar-refractivity contribution < 1.29 is 14.4 Å². The van der Waals surface area contributed by atoms with Gasteiger partial charge in [-0.15, -0.1) is 0 Å². The lowest BCUT2D eigenvalue weighted by Crippen LogP contribution is -2.44. The van der Waals surface area contributed by atoms with Gasteiger partial charge in [-0.25, -0.2) is 0 Å². The summed E-state index contributed by atoms with van der Waals surface area (Å²) >= 11 is 0. The Hall–Kier alpha value is -1.50. The van der Waals surface area contributed by atoms with Crippen molar-refractivity contribution in [3.8, 4) is 0 Å². The molecule has 2 aliphatic heterocycles. The minimum absolute atomic E-state index is 0.107. The number of carbonyl (C=O) groups excluding carboxylic acids is 1. The lowest BCUT2D eigenvalue weighted by Gasteiger charge is -2.33. The topological polar surface area (TPSA) is 54.9 Å². The van der Waals surface area contributed by atoms with Crippen LogP contribution in [0.15, 0.2) is 24.4 Å². The average Bonchev–Trinajstić information content (AvgIpc) is 2.66. The van der Waals surface area contributed by atoms with Crippen molar-refractivity contribution >= 4 is 5.91 Å². The van der Waals surface area contributed by atoms with Gasteiger partial charge in [0.15, 0.2) is 0 Å². The first-order valence-electron chi connectivity index (χ1n) is 8.98. The number of ether oxygens (including phenoxy) is 1. The number of carbonyl (C=O) groups is 1. The number of hydrogen-bond donors (Lipinski definition) is 0. The third-order valence-electron chi connectivity index (χ3n) is 4.57. The molecule has 132 valence electrons. The standard InChI is InChI=1S/C18H27N3O3/c22-18(8-12-21-11-3-4-13-24-21)20-10-5-7-17(14-20)23-15-16-6-1-2-9-19-16/h1-2,6,9,17H,3-5,7-8,10-15H2/t17-/m1/s1. The molecule has 24 heavy (non-hydrogen) atoms. The molecule has 2 fully saturated rings. The molecule has 0 unspecified atom stereocenters. The molecule has 0 bridgehead atoms. The first-order chi connectivity index (χ1) is 11.8. The normalized spacial score (nSPS) is 22.5. The van der Waals surface area contributed by atoms with E-state index >= 15 is 0 Å². The van der Waals surface area contributed by atoms with Gasteiger partial charge in [0.25, 0.3) is 0 Å². The van der Waals surface area contributed by atoms with Gasteiger partial charge in [-0.1, -0.05) is 6.07 Å². The van der Waals surface area contributed by atoms with E-state index in [2.05, 4.69) is 4.98 Å². The first kappa shape index (κ1) is 17.3. The van der Waals surface area contributed by atoms with Crippen LogP contribution in [0.5, 0.6) is 0 Å². The van der Waals surface area contributed by atoms with Crippen LogP contribution in [0.1, 0.15) is 37.8 Å². The van der Waals surface area contributed by atoms with Gasteiger partial charge in [-0.2, -0.15) is 5.06 Å². The van der Waals surface area contributed by atoms with Crippen LogP contribution in [-0.4, -0.2) is 59.7 Å². The summed E-state index contributed by atoms with van der Waals surface area (Å²) in [6, 6.07) is 5.83. The SMILES string of the molecule is O=C(CCN1CCCCO1)N1CCC[C@@H](OCc2ccccn2)C1. The van der Waals surface area contributed by atoms with Crippen molar-refractivity contribution in [2.45, 2.75) is 44.8 Å². The van der Waals surface area contributed by atoms with Gasteiger partial charge in [0, 0.05) is 38.8 Å². The zero-order valence-electron chi connectivity index (χ0n) is 14.2. The van der Waals surface area contributed by atoms with Gasteiger partial charge in [0.1, 0.15) is 0 Å². The minimum Gasteiger partial charge on any atom is -0.370 e. The number of hydroxylamine groups is 2. The molecule has 3 rings (SSSR count). The maximum absolute atomic E-state index is 12.4. The third kappa shape index (κ3) is 5.26. The van der Waals surface area contributed by atoms with Crippen LogP contribution in [0.3, 0.4) is 0 Å². The Morgan fingerprint density at radius 2 is 2.25 bits per heavy atom. The number of likely N-dealkylation sites (tertiary alicyclic amines) is 1. The van der Waals surface area contributed by atoms with Crippen molar-refractivity contribution in [1.82, 2.24) is 14.9 Å². The van der Waals surface area contributed by atoms with Gasteiger partial charge in [-0.3, -0.25) is 14.6 Å². The van der Waals surface area contributed by atoms with E-state index in [0.717, 1.165) is 51.1 Å². The Bertz CT molecular complexity index is 505. The molecule has 0 radical (unpaired) electrons. The highest BCUT2D eigenvalue weighted by molar-refractivity contribution is 5.76. The number of aromatic nitrogens is 1. The molecule has 6 heteroatoms. The monoisotopic (exact) mass is 333 g/mol. The van der Waals surface area contributed by atoms with Crippen molar-refractivity contribution in [3.05, 3.63) is 30.1 Å². The van der Waals surface area contributed by atoms with E-state index < -0.39 is 0 Å². The molecule has 6 nitrogen and oxygen atoms in total. The number of amides is 1. The number of rotatable bonds is 6. The largest absolute Gasteiger partial charge is 0.370 e. The summed E-state index contributed by atoms with van der Waals surface area (Å²) in [5, 5.41) is 1.93.